The van der Waals surface area contributed by atoms with Gasteiger partial charge in [-0.05, 0) is 35.6 Å². The van der Waals surface area contributed by atoms with E-state index < -0.39 is 0 Å². The lowest BCUT2D eigenvalue weighted by atomic mass is 9.87. The van der Waals surface area contributed by atoms with Crippen LogP contribution in [0.5, 0.6) is 0 Å². The Labute approximate surface area is 149 Å². The number of aryl methyl sites for hydroxylation is 1. The predicted octanol–water partition coefficient (Wildman–Crippen LogP) is 3.59. The Morgan fingerprint density at radius 2 is 1.48 bits per heavy atom. The second kappa shape index (κ2) is 7.97. The van der Waals surface area contributed by atoms with Crippen molar-refractivity contribution in [2.45, 2.75) is 39.5 Å². The third kappa shape index (κ3) is 6.07. The molecule has 0 spiro atoms. The molecule has 0 aromatic heterocycles. The van der Waals surface area contributed by atoms with Gasteiger partial charge in [0.25, 0.3) is 0 Å². The van der Waals surface area contributed by atoms with Crippen LogP contribution in [0.15, 0.2) is 48.5 Å². The molecule has 0 radical (unpaired) electrons. The first-order valence-electron chi connectivity index (χ1n) is 8.47. The van der Waals surface area contributed by atoms with Crippen molar-refractivity contribution in [3.8, 4) is 0 Å². The zero-order valence-corrected chi connectivity index (χ0v) is 15.3. The summed E-state index contributed by atoms with van der Waals surface area (Å²) in [7, 11) is 0. The molecular formula is C21H26N2O2. The van der Waals surface area contributed by atoms with Crippen LogP contribution in [0.25, 0.3) is 0 Å². The standard InChI is InChI=1S/C21H26N2O2/c1-15-5-7-16(8-6-15)13-19(24)22-14-20(25)23-18-11-9-17(10-12-18)21(2,3)4/h5-12H,13-14H2,1-4H3,(H,22,24)(H,23,25). The largest absolute Gasteiger partial charge is 0.347 e. The molecule has 0 unspecified atom stereocenters. The highest BCUT2D eigenvalue weighted by molar-refractivity contribution is 5.94. The molecular weight excluding hydrogens is 312 g/mol. The fraction of sp³-hybridized carbons (Fsp3) is 0.333. The summed E-state index contributed by atoms with van der Waals surface area (Å²) in [5.41, 5.74) is 4.09. The highest BCUT2D eigenvalue weighted by Gasteiger charge is 2.13. The molecule has 0 aliphatic carbocycles. The van der Waals surface area contributed by atoms with E-state index in [4.69, 9.17) is 0 Å². The average Bonchev–Trinajstić information content (AvgIpc) is 2.55. The van der Waals surface area contributed by atoms with Crippen molar-refractivity contribution in [3.05, 3.63) is 65.2 Å². The van der Waals surface area contributed by atoms with Crippen LogP contribution in [0.2, 0.25) is 0 Å². The van der Waals surface area contributed by atoms with Crippen LogP contribution < -0.4 is 10.6 Å². The first-order chi connectivity index (χ1) is 11.7. The van der Waals surface area contributed by atoms with E-state index in [1.807, 2.05) is 55.5 Å². The van der Waals surface area contributed by atoms with Crippen LogP contribution in [-0.2, 0) is 21.4 Å². The summed E-state index contributed by atoms with van der Waals surface area (Å²) in [6, 6.07) is 15.6. The van der Waals surface area contributed by atoms with Crippen LogP contribution in [0.1, 0.15) is 37.5 Å². The lowest BCUT2D eigenvalue weighted by Gasteiger charge is -2.19. The Hall–Kier alpha value is -2.62. The van der Waals surface area contributed by atoms with E-state index >= 15 is 0 Å². The van der Waals surface area contributed by atoms with Crippen LogP contribution in [-0.4, -0.2) is 18.4 Å². The fourth-order valence-electron chi connectivity index (χ4n) is 2.39. The molecule has 2 N–H and O–H groups in total. The zero-order valence-electron chi connectivity index (χ0n) is 15.3. The molecule has 0 aliphatic rings. The van der Waals surface area contributed by atoms with Crippen molar-refractivity contribution in [2.75, 3.05) is 11.9 Å². The average molecular weight is 338 g/mol. The minimum atomic E-state index is -0.235. The molecule has 0 aliphatic heterocycles. The SMILES string of the molecule is Cc1ccc(CC(=O)NCC(=O)Nc2ccc(C(C)(C)C)cc2)cc1. The Bertz CT molecular complexity index is 726. The Balaban J connectivity index is 1.80. The van der Waals surface area contributed by atoms with Crippen molar-refractivity contribution in [1.82, 2.24) is 5.32 Å². The first kappa shape index (κ1) is 18.7. The number of benzene rings is 2. The van der Waals surface area contributed by atoms with Crippen molar-refractivity contribution >= 4 is 17.5 Å². The molecule has 0 bridgehead atoms. The van der Waals surface area contributed by atoms with Crippen molar-refractivity contribution in [1.29, 1.82) is 0 Å². The van der Waals surface area contributed by atoms with E-state index in [0.717, 1.165) is 16.8 Å². The molecule has 0 fully saturated rings. The Kier molecular flexibility index (Phi) is 5.97. The van der Waals surface area contributed by atoms with Gasteiger partial charge in [-0.2, -0.15) is 0 Å². The number of hydrogen-bond acceptors (Lipinski definition) is 2. The van der Waals surface area contributed by atoms with Gasteiger partial charge in [-0.3, -0.25) is 9.59 Å². The number of anilines is 1. The smallest absolute Gasteiger partial charge is 0.243 e. The van der Waals surface area contributed by atoms with Crippen molar-refractivity contribution in [3.63, 3.8) is 0 Å². The normalized spacial score (nSPS) is 11.0. The minimum absolute atomic E-state index is 0.0360. The van der Waals surface area contributed by atoms with Crippen LogP contribution in [0.4, 0.5) is 5.69 Å². The van der Waals surface area contributed by atoms with E-state index in [1.165, 1.54) is 5.56 Å². The highest BCUT2D eigenvalue weighted by atomic mass is 16.2. The van der Waals surface area contributed by atoms with Gasteiger partial charge in [-0.15, -0.1) is 0 Å². The van der Waals surface area contributed by atoms with Crippen LogP contribution in [0, 0.1) is 6.92 Å². The summed E-state index contributed by atoms with van der Waals surface area (Å²) >= 11 is 0. The van der Waals surface area contributed by atoms with Gasteiger partial charge >= 0.3 is 0 Å². The van der Waals surface area contributed by atoms with Gasteiger partial charge in [0.1, 0.15) is 0 Å². The van der Waals surface area contributed by atoms with E-state index in [0.29, 0.717) is 0 Å². The van der Waals surface area contributed by atoms with E-state index in [2.05, 4.69) is 31.4 Å². The van der Waals surface area contributed by atoms with Gasteiger partial charge in [-0.25, -0.2) is 0 Å². The molecule has 4 heteroatoms. The molecule has 2 aromatic rings. The lowest BCUT2D eigenvalue weighted by molar-refractivity contribution is -0.123. The Morgan fingerprint density at radius 1 is 0.880 bits per heavy atom. The number of hydrogen-bond donors (Lipinski definition) is 2. The van der Waals surface area contributed by atoms with Crippen molar-refractivity contribution < 1.29 is 9.59 Å². The molecule has 132 valence electrons. The van der Waals surface area contributed by atoms with Gasteiger partial charge in [0, 0.05) is 5.69 Å². The van der Waals surface area contributed by atoms with Gasteiger partial charge in [0.2, 0.25) is 11.8 Å². The summed E-state index contributed by atoms with van der Waals surface area (Å²) in [6.07, 6.45) is 0.272. The van der Waals surface area contributed by atoms with E-state index in [9.17, 15) is 9.59 Å². The number of rotatable bonds is 5. The second-order valence-corrected chi connectivity index (χ2v) is 7.31. The third-order valence-electron chi connectivity index (χ3n) is 3.97. The molecule has 0 saturated heterocycles. The molecule has 0 heterocycles. The minimum Gasteiger partial charge on any atom is -0.347 e. The number of amides is 2. The fourth-order valence-corrected chi connectivity index (χ4v) is 2.39. The zero-order chi connectivity index (χ0) is 18.4. The van der Waals surface area contributed by atoms with Gasteiger partial charge in [-0.1, -0.05) is 62.7 Å². The molecule has 2 rings (SSSR count). The Morgan fingerprint density at radius 3 is 2.04 bits per heavy atom. The predicted molar refractivity (Wildman–Crippen MR) is 102 cm³/mol. The summed E-state index contributed by atoms with van der Waals surface area (Å²) in [5.74, 6) is -0.400. The van der Waals surface area contributed by atoms with Gasteiger partial charge in [0.05, 0.1) is 13.0 Å². The number of carbonyl (C=O) groups excluding carboxylic acids is 2. The molecule has 0 saturated carbocycles. The van der Waals surface area contributed by atoms with Crippen LogP contribution in [0.3, 0.4) is 0 Å². The van der Waals surface area contributed by atoms with Gasteiger partial charge < -0.3 is 10.6 Å². The monoisotopic (exact) mass is 338 g/mol. The number of carbonyl (C=O) groups is 2. The molecule has 4 nitrogen and oxygen atoms in total. The highest BCUT2D eigenvalue weighted by Crippen LogP contribution is 2.23. The topological polar surface area (TPSA) is 58.2 Å². The number of nitrogens with one attached hydrogen (secondary N) is 2. The van der Waals surface area contributed by atoms with E-state index in [-0.39, 0.29) is 30.2 Å². The first-order valence-corrected chi connectivity index (χ1v) is 8.47. The summed E-state index contributed by atoms with van der Waals surface area (Å²) in [5, 5.41) is 5.44. The summed E-state index contributed by atoms with van der Waals surface area (Å²) < 4.78 is 0. The maximum atomic E-state index is 12.0. The molecule has 2 amide bonds. The maximum Gasteiger partial charge on any atom is 0.243 e. The quantitative estimate of drug-likeness (QED) is 0.875. The molecule has 0 atom stereocenters. The third-order valence-corrected chi connectivity index (χ3v) is 3.97. The van der Waals surface area contributed by atoms with Crippen molar-refractivity contribution in [2.24, 2.45) is 0 Å². The summed E-state index contributed by atoms with van der Waals surface area (Å²) in [4.78, 5) is 23.9. The second-order valence-electron chi connectivity index (χ2n) is 7.31. The summed E-state index contributed by atoms with van der Waals surface area (Å²) in [6.45, 7) is 8.40. The molecule has 2 aromatic carbocycles. The van der Waals surface area contributed by atoms with Crippen LogP contribution >= 0.6 is 0 Å². The van der Waals surface area contributed by atoms with Gasteiger partial charge in [0.15, 0.2) is 0 Å². The lowest BCUT2D eigenvalue weighted by Crippen LogP contribution is -2.33. The van der Waals surface area contributed by atoms with E-state index in [1.54, 1.807) is 0 Å². The molecule has 25 heavy (non-hydrogen) atoms. The maximum absolute atomic E-state index is 12.0.